The van der Waals surface area contributed by atoms with Crippen LogP contribution in [0.15, 0.2) is 0 Å². The molecule has 0 amide bonds. The van der Waals surface area contributed by atoms with Crippen LogP contribution in [0.4, 0.5) is 0 Å². The van der Waals surface area contributed by atoms with E-state index in [2.05, 4.69) is 34.6 Å². The molecule has 88 heavy (non-hydrogen) atoms. The monoisotopic (exact) mass is 1300 g/mol. The summed E-state index contributed by atoms with van der Waals surface area (Å²) >= 11 is 0. The number of aliphatic hydroxyl groups excluding tert-OH is 1. The van der Waals surface area contributed by atoms with Crippen molar-refractivity contribution in [3.63, 3.8) is 0 Å². The molecule has 0 spiro atoms. The molecule has 0 aromatic heterocycles. The van der Waals surface area contributed by atoms with Gasteiger partial charge in [-0.05, 0) is 31.6 Å². The third-order valence-electron chi connectivity index (χ3n) is 16.0. The molecule has 17 nitrogen and oxygen atoms in total. The third kappa shape index (κ3) is 62.8. The van der Waals surface area contributed by atoms with Crippen LogP contribution in [-0.4, -0.2) is 96.7 Å². The number of phosphoric acid groups is 2. The molecule has 0 aliphatic heterocycles. The topological polar surface area (TPSA) is 237 Å². The van der Waals surface area contributed by atoms with Crippen LogP contribution in [0.3, 0.4) is 0 Å². The number of unbranched alkanes of at least 4 members (excludes halogenated alkanes) is 41. The fourth-order valence-electron chi connectivity index (χ4n) is 10.5. The van der Waals surface area contributed by atoms with Gasteiger partial charge in [0.15, 0.2) is 12.2 Å². The second-order valence-electron chi connectivity index (χ2n) is 25.4. The quantitative estimate of drug-likeness (QED) is 0.0222. The second-order valence-corrected chi connectivity index (χ2v) is 28.3. The fourth-order valence-corrected chi connectivity index (χ4v) is 12.0. The minimum atomic E-state index is -4.95. The highest BCUT2D eigenvalue weighted by Gasteiger charge is 2.30. The third-order valence-corrected chi connectivity index (χ3v) is 17.9. The van der Waals surface area contributed by atoms with Crippen molar-refractivity contribution in [1.29, 1.82) is 0 Å². The van der Waals surface area contributed by atoms with Crippen molar-refractivity contribution in [2.45, 2.75) is 374 Å². The van der Waals surface area contributed by atoms with Gasteiger partial charge in [0.2, 0.25) is 0 Å². The molecule has 0 aromatic carbocycles. The molecule has 0 rings (SSSR count). The fraction of sp³-hybridized carbons (Fsp3) is 0.942. The number of rotatable bonds is 69. The number of hydrogen-bond acceptors (Lipinski definition) is 15. The normalized spacial score (nSPS) is 14.1. The van der Waals surface area contributed by atoms with Gasteiger partial charge in [0, 0.05) is 25.7 Å². The van der Waals surface area contributed by atoms with Gasteiger partial charge in [-0.1, -0.05) is 304 Å². The van der Waals surface area contributed by atoms with Gasteiger partial charge in [-0.25, -0.2) is 9.13 Å². The summed E-state index contributed by atoms with van der Waals surface area (Å²) in [4.78, 5) is 72.2. The Morgan fingerprint density at radius 2 is 0.523 bits per heavy atom. The molecule has 0 aliphatic rings. The molecule has 19 heteroatoms. The van der Waals surface area contributed by atoms with Crippen LogP contribution in [-0.2, 0) is 65.4 Å². The first-order chi connectivity index (χ1) is 42.5. The lowest BCUT2D eigenvalue weighted by molar-refractivity contribution is -0.161. The average molecular weight is 1300 g/mol. The molecule has 0 saturated carbocycles. The Balaban J connectivity index is 5.16. The van der Waals surface area contributed by atoms with E-state index >= 15 is 0 Å². The van der Waals surface area contributed by atoms with Gasteiger partial charge >= 0.3 is 39.5 Å². The summed E-state index contributed by atoms with van der Waals surface area (Å²) < 4.78 is 68.1. The smallest absolute Gasteiger partial charge is 0.462 e. The molecular weight excluding hydrogens is 1160 g/mol. The summed E-state index contributed by atoms with van der Waals surface area (Å²) in [5.74, 6) is -1.36. The van der Waals surface area contributed by atoms with Crippen LogP contribution in [0.1, 0.15) is 356 Å². The highest BCUT2D eigenvalue weighted by molar-refractivity contribution is 7.47. The SMILES string of the molecule is CCCCCCCCCCCCCCCCCCC(=O)O[C@H](COC(=O)CCCCCCCCCCCCCC(C)C)COP(=O)(O)OC[C@@H](O)COP(=O)(O)OC[C@@H](COC(=O)CCCCCCC)OC(=O)CCCCCCCCCCCCCCC. The zero-order valence-corrected chi connectivity index (χ0v) is 58.6. The van der Waals surface area contributed by atoms with Gasteiger partial charge in [0.05, 0.1) is 26.4 Å². The summed E-state index contributed by atoms with van der Waals surface area (Å²) in [5.41, 5.74) is 0. The molecule has 0 fully saturated rings. The Hall–Kier alpha value is -1.94. The number of aliphatic hydroxyl groups is 1. The van der Waals surface area contributed by atoms with E-state index in [-0.39, 0.29) is 25.7 Å². The zero-order valence-electron chi connectivity index (χ0n) is 56.9. The molecule has 5 atom stereocenters. The molecular formula is C69H134O17P2. The maximum absolute atomic E-state index is 13.0. The van der Waals surface area contributed by atoms with Gasteiger partial charge < -0.3 is 33.8 Å². The van der Waals surface area contributed by atoms with Gasteiger partial charge in [-0.3, -0.25) is 37.3 Å². The van der Waals surface area contributed by atoms with E-state index in [1.807, 2.05) is 0 Å². The molecule has 2 unspecified atom stereocenters. The number of carbonyl (C=O) groups is 4. The average Bonchev–Trinajstić information content (AvgIpc) is 3.58. The molecule has 3 N–H and O–H groups in total. The predicted molar refractivity (Wildman–Crippen MR) is 354 cm³/mol. The lowest BCUT2D eigenvalue weighted by atomic mass is 10.0. The number of phosphoric ester groups is 2. The van der Waals surface area contributed by atoms with Crippen molar-refractivity contribution in [2.24, 2.45) is 5.92 Å². The van der Waals surface area contributed by atoms with E-state index < -0.39 is 97.5 Å². The summed E-state index contributed by atoms with van der Waals surface area (Å²) in [6.45, 7) is 7.17. The first-order valence-electron chi connectivity index (χ1n) is 36.1. The Morgan fingerprint density at radius 3 is 0.773 bits per heavy atom. The van der Waals surface area contributed by atoms with Crippen LogP contribution >= 0.6 is 15.6 Å². The van der Waals surface area contributed by atoms with Crippen molar-refractivity contribution >= 4 is 39.5 Å². The molecule has 522 valence electrons. The van der Waals surface area contributed by atoms with Crippen LogP contribution in [0, 0.1) is 5.92 Å². The standard InChI is InChI=1S/C69H134O17P2/c1-6-9-12-15-17-19-21-23-24-25-27-31-36-40-45-50-55-69(74)86-65(59-80-67(72)53-48-43-38-34-32-28-29-33-37-42-46-51-62(4)5)61-84-88(77,78)82-57-63(70)56-81-87(75,76)83-60-64(58-79-66(71)52-47-41-14-11-8-3)85-68(73)54-49-44-39-35-30-26-22-20-18-16-13-10-7-2/h62-65,70H,6-61H2,1-5H3,(H,75,76)(H,77,78)/t63-,64+,65+/m0/s1. The van der Waals surface area contributed by atoms with E-state index in [4.69, 9.17) is 37.0 Å². The maximum atomic E-state index is 13.0. The number of ether oxygens (including phenoxy) is 4. The Bertz CT molecular complexity index is 1700. The maximum Gasteiger partial charge on any atom is 0.472 e. The molecule has 0 aliphatic carbocycles. The lowest BCUT2D eigenvalue weighted by Gasteiger charge is -2.21. The van der Waals surface area contributed by atoms with E-state index in [9.17, 15) is 43.2 Å². The van der Waals surface area contributed by atoms with Crippen molar-refractivity contribution in [3.05, 3.63) is 0 Å². The van der Waals surface area contributed by atoms with Gasteiger partial charge in [-0.15, -0.1) is 0 Å². The van der Waals surface area contributed by atoms with Crippen molar-refractivity contribution in [3.8, 4) is 0 Å². The molecule has 0 saturated heterocycles. The van der Waals surface area contributed by atoms with E-state index in [1.165, 1.54) is 173 Å². The van der Waals surface area contributed by atoms with Crippen molar-refractivity contribution in [1.82, 2.24) is 0 Å². The van der Waals surface area contributed by atoms with Crippen LogP contribution in [0.2, 0.25) is 0 Å². The Labute approximate surface area is 537 Å². The van der Waals surface area contributed by atoms with E-state index in [0.29, 0.717) is 25.7 Å². The summed E-state index contributed by atoms with van der Waals surface area (Å²) in [7, 11) is -9.89. The first kappa shape index (κ1) is 86.1. The zero-order chi connectivity index (χ0) is 64.9. The van der Waals surface area contributed by atoms with Gasteiger partial charge in [-0.2, -0.15) is 0 Å². The highest BCUT2D eigenvalue weighted by atomic mass is 31.2. The number of hydrogen-bond donors (Lipinski definition) is 3. The molecule has 0 heterocycles. The second kappa shape index (κ2) is 62.5. The molecule has 0 bridgehead atoms. The Kier molecular flexibility index (Phi) is 61.1. The molecule has 0 radical (unpaired) electrons. The first-order valence-corrected chi connectivity index (χ1v) is 39.1. The number of carbonyl (C=O) groups excluding carboxylic acids is 4. The number of esters is 4. The van der Waals surface area contributed by atoms with Crippen molar-refractivity contribution < 1.29 is 80.2 Å². The van der Waals surface area contributed by atoms with Gasteiger partial charge in [0.25, 0.3) is 0 Å². The van der Waals surface area contributed by atoms with Crippen molar-refractivity contribution in [2.75, 3.05) is 39.6 Å². The highest BCUT2D eigenvalue weighted by Crippen LogP contribution is 2.45. The van der Waals surface area contributed by atoms with Crippen LogP contribution < -0.4 is 0 Å². The van der Waals surface area contributed by atoms with Gasteiger partial charge in [0.1, 0.15) is 19.3 Å². The minimum absolute atomic E-state index is 0.107. The van der Waals surface area contributed by atoms with E-state index in [1.54, 1.807) is 0 Å². The summed E-state index contributed by atoms with van der Waals surface area (Å²) in [6.07, 6.45) is 48.8. The predicted octanol–water partition coefficient (Wildman–Crippen LogP) is 19.7. The largest absolute Gasteiger partial charge is 0.472 e. The summed E-state index contributed by atoms with van der Waals surface area (Å²) in [6, 6.07) is 0. The van der Waals surface area contributed by atoms with Crippen LogP contribution in [0.25, 0.3) is 0 Å². The Morgan fingerprint density at radius 1 is 0.307 bits per heavy atom. The summed E-state index contributed by atoms with van der Waals surface area (Å²) in [5, 5.41) is 10.6. The van der Waals surface area contributed by atoms with Crippen LogP contribution in [0.5, 0.6) is 0 Å². The molecule has 0 aromatic rings. The van der Waals surface area contributed by atoms with E-state index in [0.717, 1.165) is 102 Å². The minimum Gasteiger partial charge on any atom is -0.462 e. The lowest BCUT2D eigenvalue weighted by Crippen LogP contribution is -2.30.